The molecule has 0 unspecified atom stereocenters. The molecule has 6 aromatic carbocycles. The van der Waals surface area contributed by atoms with Gasteiger partial charge in [-0.05, 0) is 69.9 Å². The number of fused-ring (bicyclic) bond motifs is 9. The van der Waals surface area contributed by atoms with Crippen molar-refractivity contribution in [3.8, 4) is 22.3 Å². The predicted octanol–water partition coefficient (Wildman–Crippen LogP) is 9.83. The minimum absolute atomic E-state index is 0.964. The van der Waals surface area contributed by atoms with Gasteiger partial charge in [0.05, 0.1) is 27.6 Å². The molecule has 0 aliphatic rings. The van der Waals surface area contributed by atoms with Crippen LogP contribution in [0.15, 0.2) is 140 Å². The number of pyridine rings is 2. The van der Waals surface area contributed by atoms with E-state index in [0.717, 1.165) is 38.7 Å². The third-order valence-electron chi connectivity index (χ3n) is 8.33. The van der Waals surface area contributed by atoms with Crippen molar-refractivity contribution < 1.29 is 0 Å². The average molecular weight is 522 g/mol. The van der Waals surface area contributed by atoms with E-state index in [-0.39, 0.29) is 0 Å². The van der Waals surface area contributed by atoms with E-state index in [4.69, 9.17) is 9.97 Å². The van der Waals surface area contributed by atoms with Gasteiger partial charge in [0, 0.05) is 21.7 Å². The van der Waals surface area contributed by atoms with Gasteiger partial charge in [-0.15, -0.1) is 0 Å². The number of rotatable bonds is 2. The second-order valence-electron chi connectivity index (χ2n) is 10.7. The van der Waals surface area contributed by atoms with Gasteiger partial charge in [0.25, 0.3) is 0 Å². The van der Waals surface area contributed by atoms with Crippen molar-refractivity contribution in [2.75, 3.05) is 0 Å². The Bertz CT molecular complexity index is 2490. The second-order valence-corrected chi connectivity index (χ2v) is 10.7. The molecule has 0 radical (unpaired) electrons. The van der Waals surface area contributed by atoms with Gasteiger partial charge < -0.3 is 0 Å². The molecule has 3 heterocycles. The van der Waals surface area contributed by atoms with Crippen molar-refractivity contribution in [3.63, 3.8) is 0 Å². The molecule has 0 amide bonds. The fraction of sp³-hybridized carbons (Fsp3) is 0. The Balaban J connectivity index is 1.27. The SMILES string of the molecule is c1cc(-c2ccc3c(c2)nc2ccc4ccccc4n23)cc(-c2c3ccccc3nc3c2ccc2ccccc23)c1. The maximum atomic E-state index is 5.14. The summed E-state index contributed by atoms with van der Waals surface area (Å²) in [6.07, 6.45) is 0. The van der Waals surface area contributed by atoms with Crippen LogP contribution in [-0.2, 0) is 0 Å². The number of hydrogen-bond donors (Lipinski definition) is 0. The highest BCUT2D eigenvalue weighted by molar-refractivity contribution is 6.17. The first-order valence-corrected chi connectivity index (χ1v) is 13.9. The van der Waals surface area contributed by atoms with Gasteiger partial charge in [0.2, 0.25) is 0 Å². The second kappa shape index (κ2) is 8.48. The molecule has 3 aromatic heterocycles. The predicted molar refractivity (Wildman–Crippen MR) is 171 cm³/mol. The zero-order valence-electron chi connectivity index (χ0n) is 22.1. The quantitative estimate of drug-likeness (QED) is 0.167. The third kappa shape index (κ3) is 3.33. The molecule has 0 N–H and O–H groups in total. The van der Waals surface area contributed by atoms with Crippen molar-refractivity contribution in [3.05, 3.63) is 140 Å². The summed E-state index contributed by atoms with van der Waals surface area (Å²) in [5.74, 6) is 0. The molecule has 9 rings (SSSR count). The van der Waals surface area contributed by atoms with Crippen LogP contribution in [0.5, 0.6) is 0 Å². The monoisotopic (exact) mass is 521 g/mol. The maximum absolute atomic E-state index is 5.14. The molecule has 0 aliphatic heterocycles. The molecule has 0 atom stereocenters. The lowest BCUT2D eigenvalue weighted by Gasteiger charge is -2.14. The number of nitrogens with zero attached hydrogens (tertiary/aromatic N) is 3. The van der Waals surface area contributed by atoms with Crippen molar-refractivity contribution in [2.24, 2.45) is 0 Å². The smallest absolute Gasteiger partial charge is 0.138 e. The lowest BCUT2D eigenvalue weighted by molar-refractivity contribution is 1.30. The summed E-state index contributed by atoms with van der Waals surface area (Å²) in [6, 6.07) is 49.7. The Labute approximate surface area is 236 Å². The van der Waals surface area contributed by atoms with Crippen LogP contribution >= 0.6 is 0 Å². The largest absolute Gasteiger partial charge is 0.292 e. The van der Waals surface area contributed by atoms with Gasteiger partial charge in [-0.1, -0.05) is 97.1 Å². The maximum Gasteiger partial charge on any atom is 0.138 e. The van der Waals surface area contributed by atoms with Crippen molar-refractivity contribution in [1.82, 2.24) is 14.4 Å². The molecule has 41 heavy (non-hydrogen) atoms. The van der Waals surface area contributed by atoms with Gasteiger partial charge in [0.15, 0.2) is 0 Å². The third-order valence-corrected chi connectivity index (χ3v) is 8.33. The van der Waals surface area contributed by atoms with Gasteiger partial charge >= 0.3 is 0 Å². The van der Waals surface area contributed by atoms with Crippen LogP contribution in [0.1, 0.15) is 0 Å². The Morgan fingerprint density at radius 2 is 1.17 bits per heavy atom. The van der Waals surface area contributed by atoms with E-state index in [1.807, 2.05) is 0 Å². The molecule has 3 nitrogen and oxygen atoms in total. The zero-order valence-corrected chi connectivity index (χ0v) is 22.1. The minimum Gasteiger partial charge on any atom is -0.292 e. The number of para-hydroxylation sites is 2. The summed E-state index contributed by atoms with van der Waals surface area (Å²) >= 11 is 0. The summed E-state index contributed by atoms with van der Waals surface area (Å²) < 4.78 is 2.25. The molecule has 190 valence electrons. The highest BCUT2D eigenvalue weighted by Gasteiger charge is 2.15. The molecule has 0 fully saturated rings. The molecule has 0 saturated heterocycles. The standard InChI is InChI=1S/C38H23N3/c1-3-12-29-24(8-1)16-19-31-37(30-13-4-5-14-32(30)40-38(29)31)28-11-7-10-26(22-28)27-17-20-35-33(23-27)39-36-21-18-25-9-2-6-15-34(25)41(35)36/h1-23H. The molecule has 0 bridgehead atoms. The van der Waals surface area contributed by atoms with E-state index >= 15 is 0 Å². The van der Waals surface area contributed by atoms with Crippen LogP contribution < -0.4 is 0 Å². The number of benzene rings is 6. The minimum atomic E-state index is 0.964. The van der Waals surface area contributed by atoms with Crippen LogP contribution in [0.3, 0.4) is 0 Å². The Morgan fingerprint density at radius 3 is 2.12 bits per heavy atom. The molecule has 3 heteroatoms. The first kappa shape index (κ1) is 22.3. The number of aromatic nitrogens is 3. The fourth-order valence-electron chi connectivity index (χ4n) is 6.43. The van der Waals surface area contributed by atoms with Crippen molar-refractivity contribution in [1.29, 1.82) is 0 Å². The van der Waals surface area contributed by atoms with Gasteiger partial charge in [0.1, 0.15) is 5.65 Å². The summed E-state index contributed by atoms with van der Waals surface area (Å²) in [5.41, 5.74) is 11.0. The van der Waals surface area contributed by atoms with Crippen molar-refractivity contribution >= 4 is 60.2 Å². The lowest BCUT2D eigenvalue weighted by atomic mass is 9.92. The van der Waals surface area contributed by atoms with E-state index in [1.165, 1.54) is 43.8 Å². The average Bonchev–Trinajstić information content (AvgIpc) is 3.42. The molecule has 0 saturated carbocycles. The van der Waals surface area contributed by atoms with E-state index in [9.17, 15) is 0 Å². The van der Waals surface area contributed by atoms with Crippen LogP contribution in [0.4, 0.5) is 0 Å². The summed E-state index contributed by atoms with van der Waals surface area (Å²) in [6.45, 7) is 0. The number of hydrogen-bond acceptors (Lipinski definition) is 2. The van der Waals surface area contributed by atoms with Crippen molar-refractivity contribution in [2.45, 2.75) is 0 Å². The van der Waals surface area contributed by atoms with E-state index in [2.05, 4.69) is 144 Å². The number of imidazole rings is 1. The van der Waals surface area contributed by atoms with E-state index in [0.29, 0.717) is 0 Å². The fourth-order valence-corrected chi connectivity index (χ4v) is 6.43. The summed E-state index contributed by atoms with van der Waals surface area (Å²) in [5, 5.41) is 5.92. The normalized spacial score (nSPS) is 11.9. The molecular weight excluding hydrogens is 498 g/mol. The van der Waals surface area contributed by atoms with E-state index in [1.54, 1.807) is 0 Å². The molecular formula is C38H23N3. The first-order chi connectivity index (χ1) is 20.3. The first-order valence-electron chi connectivity index (χ1n) is 13.9. The molecule has 9 aromatic rings. The lowest BCUT2D eigenvalue weighted by Crippen LogP contribution is -1.91. The van der Waals surface area contributed by atoms with Gasteiger partial charge in [-0.2, -0.15) is 0 Å². The van der Waals surface area contributed by atoms with Crippen LogP contribution in [-0.4, -0.2) is 14.4 Å². The van der Waals surface area contributed by atoms with Gasteiger partial charge in [-0.3, -0.25) is 4.40 Å². The molecule has 0 aliphatic carbocycles. The Morgan fingerprint density at radius 1 is 0.415 bits per heavy atom. The zero-order chi connectivity index (χ0) is 26.9. The highest BCUT2D eigenvalue weighted by Crippen LogP contribution is 2.39. The van der Waals surface area contributed by atoms with Crippen LogP contribution in [0.25, 0.3) is 82.4 Å². The summed E-state index contributed by atoms with van der Waals surface area (Å²) in [7, 11) is 0. The summed E-state index contributed by atoms with van der Waals surface area (Å²) in [4.78, 5) is 10.1. The Kier molecular flexibility index (Phi) is 4.61. The molecule has 0 spiro atoms. The van der Waals surface area contributed by atoms with E-state index < -0.39 is 0 Å². The Hall–Kier alpha value is -5.54. The van der Waals surface area contributed by atoms with Crippen LogP contribution in [0, 0.1) is 0 Å². The van der Waals surface area contributed by atoms with Gasteiger partial charge in [-0.25, -0.2) is 9.97 Å². The topological polar surface area (TPSA) is 30.2 Å². The highest BCUT2D eigenvalue weighted by atomic mass is 15.0. The van der Waals surface area contributed by atoms with Crippen LogP contribution in [0.2, 0.25) is 0 Å².